The van der Waals surface area contributed by atoms with Crippen molar-refractivity contribution in [3.8, 4) is 5.69 Å². The molecule has 17 heavy (non-hydrogen) atoms. The number of benzene rings is 1. The summed E-state index contributed by atoms with van der Waals surface area (Å²) in [6, 6.07) is 9.02. The summed E-state index contributed by atoms with van der Waals surface area (Å²) in [5, 5.41) is 16.1. The van der Waals surface area contributed by atoms with Gasteiger partial charge in [0.2, 0.25) is 0 Å². The second kappa shape index (κ2) is 4.29. The number of carboxylic acid groups (broad SMARTS) is 1. The quantitative estimate of drug-likeness (QED) is 0.846. The molecule has 0 saturated heterocycles. The van der Waals surface area contributed by atoms with E-state index in [1.54, 1.807) is 7.05 Å². The Morgan fingerprint density at radius 1 is 1.35 bits per heavy atom. The van der Waals surface area contributed by atoms with Crippen molar-refractivity contribution in [2.24, 2.45) is 0 Å². The Labute approximate surface area is 98.7 Å². The van der Waals surface area contributed by atoms with Crippen LogP contribution in [-0.2, 0) is 0 Å². The maximum Gasteiger partial charge on any atom is 0.354 e. The maximum absolute atomic E-state index is 11.1. The highest BCUT2D eigenvalue weighted by Crippen LogP contribution is 2.16. The molecule has 88 valence electrons. The molecule has 1 aromatic heterocycles. The third-order valence-electron chi connectivity index (χ3n) is 2.46. The van der Waals surface area contributed by atoms with Crippen molar-refractivity contribution in [2.45, 2.75) is 6.92 Å². The Kier molecular flexibility index (Phi) is 2.82. The number of aromatic carboxylic acids is 1. The largest absolute Gasteiger partial charge is 0.477 e. The van der Waals surface area contributed by atoms with Gasteiger partial charge in [0.05, 0.1) is 5.69 Å². The Morgan fingerprint density at radius 3 is 2.53 bits per heavy atom. The van der Waals surface area contributed by atoms with Gasteiger partial charge in [-0.15, -0.1) is 5.10 Å². The van der Waals surface area contributed by atoms with Gasteiger partial charge in [0.15, 0.2) is 5.69 Å². The lowest BCUT2D eigenvalue weighted by Gasteiger charge is -2.04. The normalized spacial score (nSPS) is 10.2. The van der Waals surface area contributed by atoms with Gasteiger partial charge in [-0.25, -0.2) is 9.48 Å². The maximum atomic E-state index is 11.1. The molecule has 0 aliphatic heterocycles. The van der Waals surface area contributed by atoms with Crippen LogP contribution >= 0.6 is 0 Å². The number of aryl methyl sites for hydroxylation is 1. The van der Waals surface area contributed by atoms with E-state index in [0.717, 1.165) is 11.3 Å². The van der Waals surface area contributed by atoms with Crippen molar-refractivity contribution in [3.63, 3.8) is 0 Å². The molecule has 0 fully saturated rings. The van der Waals surface area contributed by atoms with E-state index in [0.29, 0.717) is 5.82 Å². The Balaban J connectivity index is 2.53. The van der Waals surface area contributed by atoms with Crippen molar-refractivity contribution in [2.75, 3.05) is 12.4 Å². The molecule has 0 atom stereocenters. The highest BCUT2D eigenvalue weighted by molar-refractivity contribution is 5.87. The number of carboxylic acids is 1. The van der Waals surface area contributed by atoms with E-state index in [-0.39, 0.29) is 5.69 Å². The second-order valence-electron chi connectivity index (χ2n) is 3.72. The predicted octanol–water partition coefficient (Wildman–Crippen LogP) is 1.92. The number of anilines is 1. The lowest BCUT2D eigenvalue weighted by Crippen LogP contribution is -2.07. The van der Waals surface area contributed by atoms with E-state index in [1.165, 1.54) is 10.7 Å². The molecule has 1 heterocycles. The molecule has 0 radical (unpaired) electrons. The van der Waals surface area contributed by atoms with Gasteiger partial charge >= 0.3 is 5.97 Å². The molecule has 0 spiro atoms. The van der Waals surface area contributed by atoms with Crippen LogP contribution < -0.4 is 5.32 Å². The third-order valence-corrected chi connectivity index (χ3v) is 2.46. The van der Waals surface area contributed by atoms with Crippen LogP contribution in [0.1, 0.15) is 16.1 Å². The van der Waals surface area contributed by atoms with Gasteiger partial charge in [-0.2, -0.15) is 0 Å². The minimum Gasteiger partial charge on any atom is -0.477 e. The Hall–Kier alpha value is -2.30. The molecule has 0 amide bonds. The first kappa shape index (κ1) is 11.2. The van der Waals surface area contributed by atoms with Crippen molar-refractivity contribution >= 4 is 11.8 Å². The zero-order valence-corrected chi connectivity index (χ0v) is 9.64. The van der Waals surface area contributed by atoms with Crippen molar-refractivity contribution in [1.82, 2.24) is 9.78 Å². The SMILES string of the molecule is CNc1cc(C(=O)O)n(-c2ccc(C)cc2)n1. The third kappa shape index (κ3) is 2.13. The molecule has 5 nitrogen and oxygen atoms in total. The van der Waals surface area contributed by atoms with Crippen molar-refractivity contribution < 1.29 is 9.90 Å². The van der Waals surface area contributed by atoms with E-state index in [4.69, 9.17) is 5.11 Å². The summed E-state index contributed by atoms with van der Waals surface area (Å²) in [5.74, 6) is -0.470. The number of hydrogen-bond acceptors (Lipinski definition) is 3. The zero-order valence-electron chi connectivity index (χ0n) is 9.64. The van der Waals surface area contributed by atoms with Gasteiger partial charge in [0.25, 0.3) is 0 Å². The molecule has 2 N–H and O–H groups in total. The summed E-state index contributed by atoms with van der Waals surface area (Å²) in [4.78, 5) is 11.1. The predicted molar refractivity (Wildman–Crippen MR) is 64.8 cm³/mol. The Bertz CT molecular complexity index is 543. The summed E-state index contributed by atoms with van der Waals surface area (Å²) in [6.07, 6.45) is 0. The standard InChI is InChI=1S/C12H13N3O2/c1-8-3-5-9(6-4-8)15-10(12(16)17)7-11(13-2)14-15/h3-7H,1-2H3,(H,13,14)(H,16,17). The molecule has 0 bridgehead atoms. The Morgan fingerprint density at radius 2 is 2.00 bits per heavy atom. The van der Waals surface area contributed by atoms with Crippen molar-refractivity contribution in [1.29, 1.82) is 0 Å². The van der Waals surface area contributed by atoms with Gasteiger partial charge < -0.3 is 10.4 Å². The first-order valence-corrected chi connectivity index (χ1v) is 5.20. The number of aromatic nitrogens is 2. The fraction of sp³-hybridized carbons (Fsp3) is 0.167. The highest BCUT2D eigenvalue weighted by Gasteiger charge is 2.14. The van der Waals surface area contributed by atoms with Crippen LogP contribution in [0.3, 0.4) is 0 Å². The van der Waals surface area contributed by atoms with Crippen LogP contribution in [0.5, 0.6) is 0 Å². The van der Waals surface area contributed by atoms with E-state index < -0.39 is 5.97 Å². The first-order valence-electron chi connectivity index (χ1n) is 5.20. The number of rotatable bonds is 3. The van der Waals surface area contributed by atoms with Gasteiger partial charge in [0.1, 0.15) is 5.82 Å². The van der Waals surface area contributed by atoms with Crippen LogP contribution in [0.4, 0.5) is 5.82 Å². The van der Waals surface area contributed by atoms with E-state index in [1.807, 2.05) is 31.2 Å². The van der Waals surface area contributed by atoms with Crippen LogP contribution in [0, 0.1) is 6.92 Å². The molecular formula is C12H13N3O2. The van der Waals surface area contributed by atoms with Crippen LogP contribution in [0.15, 0.2) is 30.3 Å². The molecular weight excluding hydrogens is 218 g/mol. The summed E-state index contributed by atoms with van der Waals surface area (Å²) >= 11 is 0. The minimum absolute atomic E-state index is 0.137. The highest BCUT2D eigenvalue weighted by atomic mass is 16.4. The van der Waals surface area contributed by atoms with Gasteiger partial charge in [0, 0.05) is 13.1 Å². The smallest absolute Gasteiger partial charge is 0.354 e. The molecule has 0 aliphatic rings. The molecule has 0 unspecified atom stereocenters. The lowest BCUT2D eigenvalue weighted by atomic mass is 10.2. The second-order valence-corrected chi connectivity index (χ2v) is 3.72. The summed E-state index contributed by atoms with van der Waals surface area (Å²) in [5.41, 5.74) is 1.99. The average Bonchev–Trinajstić information content (AvgIpc) is 2.74. The van der Waals surface area contributed by atoms with Crippen LogP contribution in [-0.4, -0.2) is 27.9 Å². The van der Waals surface area contributed by atoms with E-state index >= 15 is 0 Å². The molecule has 2 aromatic rings. The van der Waals surface area contributed by atoms with E-state index in [2.05, 4.69) is 10.4 Å². The number of nitrogens with one attached hydrogen (secondary N) is 1. The summed E-state index contributed by atoms with van der Waals surface area (Å²) < 4.78 is 1.41. The van der Waals surface area contributed by atoms with Crippen molar-refractivity contribution in [3.05, 3.63) is 41.6 Å². The molecule has 5 heteroatoms. The molecule has 0 saturated carbocycles. The fourth-order valence-corrected chi connectivity index (χ4v) is 1.54. The monoisotopic (exact) mass is 231 g/mol. The van der Waals surface area contributed by atoms with Crippen LogP contribution in [0.25, 0.3) is 5.69 Å². The first-order chi connectivity index (χ1) is 8.11. The summed E-state index contributed by atoms with van der Waals surface area (Å²) in [7, 11) is 1.70. The van der Waals surface area contributed by atoms with Gasteiger partial charge in [-0.1, -0.05) is 17.7 Å². The molecule has 2 rings (SSSR count). The number of hydrogen-bond donors (Lipinski definition) is 2. The fourth-order valence-electron chi connectivity index (χ4n) is 1.54. The zero-order chi connectivity index (χ0) is 12.4. The summed E-state index contributed by atoms with van der Waals surface area (Å²) in [6.45, 7) is 1.98. The average molecular weight is 231 g/mol. The number of carbonyl (C=O) groups is 1. The lowest BCUT2D eigenvalue weighted by molar-refractivity contribution is 0.0687. The molecule has 0 aliphatic carbocycles. The van der Waals surface area contributed by atoms with Gasteiger partial charge in [-0.3, -0.25) is 0 Å². The minimum atomic E-state index is -1.00. The molecule has 1 aromatic carbocycles. The number of nitrogens with zero attached hydrogens (tertiary/aromatic N) is 2. The van der Waals surface area contributed by atoms with Crippen LogP contribution in [0.2, 0.25) is 0 Å². The van der Waals surface area contributed by atoms with Gasteiger partial charge in [-0.05, 0) is 19.1 Å². The topological polar surface area (TPSA) is 67.2 Å². The van der Waals surface area contributed by atoms with E-state index in [9.17, 15) is 4.79 Å².